The summed E-state index contributed by atoms with van der Waals surface area (Å²) in [5.41, 5.74) is 0. The van der Waals surface area contributed by atoms with Crippen molar-refractivity contribution in [3.05, 3.63) is 0 Å². The van der Waals surface area contributed by atoms with E-state index in [9.17, 15) is 0 Å². The molecule has 2 N–H and O–H groups in total. The topological polar surface area (TPSA) is 35.5 Å². The number of aliphatic hydroxyl groups is 1. The molecule has 0 aromatic carbocycles. The van der Waals surface area contributed by atoms with Gasteiger partial charge in [-0.25, -0.2) is 0 Å². The molecule has 4 unspecified atom stereocenters. The third-order valence-electron chi connectivity index (χ3n) is 5.27. The van der Waals surface area contributed by atoms with Gasteiger partial charge in [-0.3, -0.25) is 4.90 Å². The molecule has 1 aliphatic carbocycles. The van der Waals surface area contributed by atoms with E-state index in [1.165, 1.54) is 32.4 Å². The maximum Gasteiger partial charge on any atom is 0.0443 e. The van der Waals surface area contributed by atoms with Gasteiger partial charge in [-0.2, -0.15) is 0 Å². The Kier molecular flexibility index (Phi) is 5.67. The van der Waals surface area contributed by atoms with Crippen molar-refractivity contribution in [2.24, 2.45) is 17.8 Å². The minimum atomic E-state index is 0.302. The van der Waals surface area contributed by atoms with Gasteiger partial charge < -0.3 is 10.4 Å². The summed E-state index contributed by atoms with van der Waals surface area (Å²) in [7, 11) is 0. The maximum absolute atomic E-state index is 8.91. The Labute approximate surface area is 118 Å². The molecule has 2 rings (SSSR count). The summed E-state index contributed by atoms with van der Waals surface area (Å²) in [4.78, 5) is 2.75. The van der Waals surface area contributed by atoms with Crippen molar-refractivity contribution in [2.45, 2.75) is 58.5 Å². The van der Waals surface area contributed by atoms with Gasteiger partial charge in [-0.1, -0.05) is 20.8 Å². The highest BCUT2D eigenvalue weighted by Gasteiger charge is 2.37. The summed E-state index contributed by atoms with van der Waals surface area (Å²) in [6, 6.07) is 1.46. The fourth-order valence-electron chi connectivity index (χ4n) is 3.65. The van der Waals surface area contributed by atoms with Gasteiger partial charge in [0.2, 0.25) is 0 Å². The SMILES string of the molecule is CC(C)C1CC(NCCCO)CN(C2CCC2C)C1. The number of aliphatic hydroxyl groups excluding tert-OH is 1. The van der Waals surface area contributed by atoms with Gasteiger partial charge in [0.1, 0.15) is 0 Å². The second-order valence-corrected chi connectivity index (χ2v) is 7.04. The summed E-state index contributed by atoms with van der Waals surface area (Å²) in [6.07, 6.45) is 4.99. The molecule has 1 saturated carbocycles. The van der Waals surface area contributed by atoms with E-state index >= 15 is 0 Å². The van der Waals surface area contributed by atoms with Crippen molar-refractivity contribution < 1.29 is 5.11 Å². The van der Waals surface area contributed by atoms with Crippen LogP contribution >= 0.6 is 0 Å². The van der Waals surface area contributed by atoms with Crippen LogP contribution in [0.1, 0.15) is 46.5 Å². The number of nitrogens with one attached hydrogen (secondary N) is 1. The van der Waals surface area contributed by atoms with Crippen LogP contribution in [0.5, 0.6) is 0 Å². The molecule has 2 fully saturated rings. The Balaban J connectivity index is 1.88. The zero-order chi connectivity index (χ0) is 13.8. The van der Waals surface area contributed by atoms with Gasteiger partial charge in [0, 0.05) is 31.8 Å². The van der Waals surface area contributed by atoms with Gasteiger partial charge in [-0.05, 0) is 50.0 Å². The fraction of sp³-hybridized carbons (Fsp3) is 1.00. The molecule has 3 nitrogen and oxygen atoms in total. The predicted molar refractivity (Wildman–Crippen MR) is 80.2 cm³/mol. The normalized spacial score (nSPS) is 36.5. The Morgan fingerprint density at radius 3 is 2.58 bits per heavy atom. The lowest BCUT2D eigenvalue weighted by atomic mass is 9.77. The first-order valence-corrected chi connectivity index (χ1v) is 8.20. The standard InChI is InChI=1S/C16H32N2O/c1-12(2)14-9-15(17-7-4-8-19)11-18(10-14)16-6-5-13(16)3/h12-17,19H,4-11H2,1-3H3. The van der Waals surface area contributed by atoms with Crippen LogP contribution in [0.25, 0.3) is 0 Å². The summed E-state index contributed by atoms with van der Waals surface area (Å²) in [5.74, 6) is 2.50. The lowest BCUT2D eigenvalue weighted by Gasteiger charge is -2.49. The molecule has 1 aliphatic heterocycles. The van der Waals surface area contributed by atoms with E-state index in [-0.39, 0.29) is 0 Å². The number of piperidine rings is 1. The van der Waals surface area contributed by atoms with Crippen molar-refractivity contribution in [2.75, 3.05) is 26.2 Å². The van der Waals surface area contributed by atoms with Gasteiger partial charge in [0.25, 0.3) is 0 Å². The average Bonchev–Trinajstić information content (AvgIpc) is 2.37. The first-order chi connectivity index (χ1) is 9.11. The van der Waals surface area contributed by atoms with E-state index < -0.39 is 0 Å². The maximum atomic E-state index is 8.91. The lowest BCUT2D eigenvalue weighted by molar-refractivity contribution is 0.0131. The van der Waals surface area contributed by atoms with Crippen LogP contribution in [0.4, 0.5) is 0 Å². The van der Waals surface area contributed by atoms with Crippen molar-refractivity contribution >= 4 is 0 Å². The molecule has 0 amide bonds. The largest absolute Gasteiger partial charge is 0.396 e. The quantitative estimate of drug-likeness (QED) is 0.724. The van der Waals surface area contributed by atoms with Crippen molar-refractivity contribution in [3.8, 4) is 0 Å². The van der Waals surface area contributed by atoms with Crippen LogP contribution in [0, 0.1) is 17.8 Å². The monoisotopic (exact) mass is 268 g/mol. The summed E-state index contributed by atoms with van der Waals surface area (Å²) < 4.78 is 0. The van der Waals surface area contributed by atoms with E-state index in [0.29, 0.717) is 12.6 Å². The first-order valence-electron chi connectivity index (χ1n) is 8.20. The number of likely N-dealkylation sites (tertiary alicyclic amines) is 1. The summed E-state index contributed by atoms with van der Waals surface area (Å²) >= 11 is 0. The lowest BCUT2D eigenvalue weighted by Crippen LogP contribution is -2.57. The molecule has 0 radical (unpaired) electrons. The minimum absolute atomic E-state index is 0.302. The van der Waals surface area contributed by atoms with Crippen molar-refractivity contribution in [1.82, 2.24) is 10.2 Å². The van der Waals surface area contributed by atoms with Crippen LogP contribution < -0.4 is 5.32 Å². The molecule has 112 valence electrons. The molecular formula is C16H32N2O. The third kappa shape index (κ3) is 3.93. The van der Waals surface area contributed by atoms with Crippen LogP contribution in [0.3, 0.4) is 0 Å². The molecule has 0 bridgehead atoms. The molecule has 1 saturated heterocycles. The number of hydrogen-bond acceptors (Lipinski definition) is 3. The van der Waals surface area contributed by atoms with E-state index in [2.05, 4.69) is 31.0 Å². The zero-order valence-electron chi connectivity index (χ0n) is 12.9. The van der Waals surface area contributed by atoms with Crippen LogP contribution in [-0.4, -0.2) is 48.3 Å². The Morgan fingerprint density at radius 1 is 1.26 bits per heavy atom. The molecule has 1 heterocycles. The van der Waals surface area contributed by atoms with E-state index in [1.807, 2.05) is 0 Å². The summed E-state index contributed by atoms with van der Waals surface area (Å²) in [6.45, 7) is 10.9. The van der Waals surface area contributed by atoms with Crippen LogP contribution in [0.15, 0.2) is 0 Å². The fourth-order valence-corrected chi connectivity index (χ4v) is 3.65. The van der Waals surface area contributed by atoms with Gasteiger partial charge in [0.15, 0.2) is 0 Å². The van der Waals surface area contributed by atoms with Crippen LogP contribution in [-0.2, 0) is 0 Å². The highest BCUT2D eigenvalue weighted by Crippen LogP contribution is 2.35. The Morgan fingerprint density at radius 2 is 2.05 bits per heavy atom. The van der Waals surface area contributed by atoms with Crippen LogP contribution in [0.2, 0.25) is 0 Å². The predicted octanol–water partition coefficient (Wildman–Crippen LogP) is 2.10. The van der Waals surface area contributed by atoms with E-state index in [0.717, 1.165) is 36.8 Å². The first kappa shape index (κ1) is 15.3. The molecule has 0 spiro atoms. The second-order valence-electron chi connectivity index (χ2n) is 7.04. The van der Waals surface area contributed by atoms with E-state index in [4.69, 9.17) is 5.11 Å². The summed E-state index contributed by atoms with van der Waals surface area (Å²) in [5, 5.41) is 12.6. The molecule has 19 heavy (non-hydrogen) atoms. The van der Waals surface area contributed by atoms with Crippen molar-refractivity contribution in [1.29, 1.82) is 0 Å². The molecular weight excluding hydrogens is 236 g/mol. The third-order valence-corrected chi connectivity index (χ3v) is 5.27. The number of hydrogen-bond donors (Lipinski definition) is 2. The molecule has 2 aliphatic rings. The molecule has 0 aromatic heterocycles. The second kappa shape index (κ2) is 7.05. The zero-order valence-corrected chi connectivity index (χ0v) is 12.9. The Hall–Kier alpha value is -0.120. The molecule has 3 heteroatoms. The van der Waals surface area contributed by atoms with Gasteiger partial charge in [0.05, 0.1) is 0 Å². The Bertz CT molecular complexity index is 269. The highest BCUT2D eigenvalue weighted by atomic mass is 16.3. The number of nitrogens with zero attached hydrogens (tertiary/aromatic N) is 1. The smallest absolute Gasteiger partial charge is 0.0443 e. The minimum Gasteiger partial charge on any atom is -0.396 e. The number of rotatable bonds is 6. The highest BCUT2D eigenvalue weighted by molar-refractivity contribution is 4.93. The average molecular weight is 268 g/mol. The van der Waals surface area contributed by atoms with E-state index in [1.54, 1.807) is 0 Å². The van der Waals surface area contributed by atoms with Crippen molar-refractivity contribution in [3.63, 3.8) is 0 Å². The molecule has 0 aromatic rings. The van der Waals surface area contributed by atoms with Gasteiger partial charge in [-0.15, -0.1) is 0 Å². The van der Waals surface area contributed by atoms with Gasteiger partial charge >= 0.3 is 0 Å². The molecule has 4 atom stereocenters.